The number of oxazole rings is 1. The first-order chi connectivity index (χ1) is 6.42. The van der Waals surface area contributed by atoms with E-state index in [-0.39, 0.29) is 0 Å². The van der Waals surface area contributed by atoms with Gasteiger partial charge in [0.15, 0.2) is 12.0 Å². The predicted molar refractivity (Wildman–Crippen MR) is 49.6 cm³/mol. The minimum Gasteiger partial charge on any atom is -0.443 e. The summed E-state index contributed by atoms with van der Waals surface area (Å²) in [6.07, 6.45) is 2.35. The number of rotatable bonds is 3. The fourth-order valence-corrected chi connectivity index (χ4v) is 1.36. The van der Waals surface area contributed by atoms with Gasteiger partial charge in [-0.1, -0.05) is 12.1 Å². The summed E-state index contributed by atoms with van der Waals surface area (Å²) in [5.41, 5.74) is 2.96. The lowest BCUT2D eigenvalue weighted by atomic mass is 10.1. The molecule has 0 fully saturated rings. The van der Waals surface area contributed by atoms with Crippen LogP contribution in [-0.4, -0.2) is 18.7 Å². The Hall–Kier alpha value is -1.35. The summed E-state index contributed by atoms with van der Waals surface area (Å²) in [6, 6.07) is 5.93. The maximum atomic E-state index is 5.19. The first-order valence-corrected chi connectivity index (χ1v) is 4.22. The van der Waals surface area contributed by atoms with Gasteiger partial charge in [-0.3, -0.25) is 0 Å². The maximum absolute atomic E-state index is 5.19. The smallest absolute Gasteiger partial charge is 0.181 e. The van der Waals surface area contributed by atoms with Crippen LogP contribution in [0.2, 0.25) is 0 Å². The topological polar surface area (TPSA) is 35.3 Å². The molecule has 0 unspecified atom stereocenters. The van der Waals surface area contributed by atoms with Gasteiger partial charge in [0.1, 0.15) is 5.52 Å². The Morgan fingerprint density at radius 1 is 1.46 bits per heavy atom. The zero-order valence-corrected chi connectivity index (χ0v) is 7.49. The first-order valence-electron chi connectivity index (χ1n) is 4.22. The monoisotopic (exact) mass is 177 g/mol. The summed E-state index contributed by atoms with van der Waals surface area (Å²) in [5.74, 6) is 0. The van der Waals surface area contributed by atoms with Gasteiger partial charge < -0.3 is 9.15 Å². The molecule has 0 amide bonds. The van der Waals surface area contributed by atoms with Gasteiger partial charge in [-0.2, -0.15) is 0 Å². The second-order valence-corrected chi connectivity index (χ2v) is 2.86. The highest BCUT2D eigenvalue weighted by atomic mass is 16.5. The van der Waals surface area contributed by atoms with E-state index >= 15 is 0 Å². The molecular weight excluding hydrogens is 166 g/mol. The fraction of sp³-hybridized carbons (Fsp3) is 0.300. The van der Waals surface area contributed by atoms with Gasteiger partial charge in [-0.25, -0.2) is 4.98 Å². The van der Waals surface area contributed by atoms with Crippen LogP contribution in [0.3, 0.4) is 0 Å². The molecule has 0 N–H and O–H groups in total. The lowest BCUT2D eigenvalue weighted by molar-refractivity contribution is 0.202. The molecule has 0 bridgehead atoms. The summed E-state index contributed by atoms with van der Waals surface area (Å²) in [5, 5.41) is 0. The summed E-state index contributed by atoms with van der Waals surface area (Å²) in [4.78, 5) is 4.15. The quantitative estimate of drug-likeness (QED) is 0.719. The lowest BCUT2D eigenvalue weighted by Gasteiger charge is -1.99. The molecule has 0 saturated carbocycles. The van der Waals surface area contributed by atoms with Crippen molar-refractivity contribution < 1.29 is 9.15 Å². The van der Waals surface area contributed by atoms with Crippen molar-refractivity contribution in [2.75, 3.05) is 13.7 Å². The van der Waals surface area contributed by atoms with Crippen molar-refractivity contribution in [3.05, 3.63) is 30.2 Å². The molecule has 0 atom stereocenters. The maximum Gasteiger partial charge on any atom is 0.181 e. The minimum absolute atomic E-state index is 0.714. The standard InChI is InChI=1S/C10H11NO2/c1-12-6-5-8-3-2-4-9-10(8)11-7-13-9/h2-4,7H,5-6H2,1H3. The third-order valence-electron chi connectivity index (χ3n) is 2.02. The highest BCUT2D eigenvalue weighted by Crippen LogP contribution is 2.16. The van der Waals surface area contributed by atoms with Crippen molar-refractivity contribution in [3.63, 3.8) is 0 Å². The van der Waals surface area contributed by atoms with Gasteiger partial charge >= 0.3 is 0 Å². The number of methoxy groups -OCH3 is 1. The van der Waals surface area contributed by atoms with Gasteiger partial charge in [-0.05, 0) is 18.1 Å². The second kappa shape index (κ2) is 3.58. The normalized spacial score (nSPS) is 10.8. The van der Waals surface area contributed by atoms with E-state index in [1.165, 1.54) is 12.0 Å². The van der Waals surface area contributed by atoms with Crippen molar-refractivity contribution >= 4 is 11.1 Å². The van der Waals surface area contributed by atoms with Crippen LogP contribution in [0.1, 0.15) is 5.56 Å². The lowest BCUT2D eigenvalue weighted by Crippen LogP contribution is -1.94. The van der Waals surface area contributed by atoms with Crippen LogP contribution in [0.25, 0.3) is 11.1 Å². The number of hydrogen-bond acceptors (Lipinski definition) is 3. The first kappa shape index (κ1) is 8.26. The van der Waals surface area contributed by atoms with Gasteiger partial charge in [0, 0.05) is 7.11 Å². The van der Waals surface area contributed by atoms with E-state index in [4.69, 9.17) is 9.15 Å². The zero-order valence-electron chi connectivity index (χ0n) is 7.49. The van der Waals surface area contributed by atoms with E-state index in [0.29, 0.717) is 6.61 Å². The highest BCUT2D eigenvalue weighted by Gasteiger charge is 2.03. The van der Waals surface area contributed by atoms with Crippen LogP contribution in [0, 0.1) is 0 Å². The van der Waals surface area contributed by atoms with Crippen molar-refractivity contribution in [1.82, 2.24) is 4.98 Å². The van der Waals surface area contributed by atoms with Crippen LogP contribution in [-0.2, 0) is 11.2 Å². The Morgan fingerprint density at radius 3 is 3.23 bits per heavy atom. The third-order valence-corrected chi connectivity index (χ3v) is 2.02. The SMILES string of the molecule is COCCc1cccc2ocnc12. The average Bonchev–Trinajstić information content (AvgIpc) is 2.62. The van der Waals surface area contributed by atoms with E-state index in [2.05, 4.69) is 4.98 Å². The fourth-order valence-electron chi connectivity index (χ4n) is 1.36. The number of hydrogen-bond donors (Lipinski definition) is 0. The molecule has 0 aliphatic carbocycles. The molecule has 1 aromatic carbocycles. The second-order valence-electron chi connectivity index (χ2n) is 2.86. The molecule has 68 valence electrons. The number of fused-ring (bicyclic) bond motifs is 1. The zero-order chi connectivity index (χ0) is 9.10. The van der Waals surface area contributed by atoms with Crippen molar-refractivity contribution in [1.29, 1.82) is 0 Å². The van der Waals surface area contributed by atoms with Gasteiger partial charge in [-0.15, -0.1) is 0 Å². The van der Waals surface area contributed by atoms with Crippen molar-refractivity contribution in [2.45, 2.75) is 6.42 Å². The number of aromatic nitrogens is 1. The Kier molecular flexibility index (Phi) is 2.27. The Balaban J connectivity index is 2.37. The van der Waals surface area contributed by atoms with Gasteiger partial charge in [0.2, 0.25) is 0 Å². The summed E-state index contributed by atoms with van der Waals surface area (Å²) in [6.45, 7) is 0.714. The minimum atomic E-state index is 0.714. The van der Waals surface area contributed by atoms with Crippen molar-refractivity contribution in [2.24, 2.45) is 0 Å². The van der Waals surface area contributed by atoms with E-state index in [1.807, 2.05) is 18.2 Å². The van der Waals surface area contributed by atoms with Crippen LogP contribution >= 0.6 is 0 Å². The molecule has 0 radical (unpaired) electrons. The van der Waals surface area contributed by atoms with Crippen LogP contribution in [0.15, 0.2) is 29.0 Å². The van der Waals surface area contributed by atoms with Crippen molar-refractivity contribution in [3.8, 4) is 0 Å². The number of nitrogens with zero attached hydrogens (tertiary/aromatic N) is 1. The van der Waals surface area contributed by atoms with E-state index in [0.717, 1.165) is 17.5 Å². The largest absolute Gasteiger partial charge is 0.443 e. The molecule has 0 aliphatic heterocycles. The average molecular weight is 177 g/mol. The van der Waals surface area contributed by atoms with E-state index < -0.39 is 0 Å². The number of ether oxygens (including phenoxy) is 1. The van der Waals surface area contributed by atoms with E-state index in [9.17, 15) is 0 Å². The highest BCUT2D eigenvalue weighted by molar-refractivity contribution is 5.75. The Labute approximate surface area is 76.3 Å². The molecule has 2 aromatic rings. The van der Waals surface area contributed by atoms with Crippen LogP contribution in [0.5, 0.6) is 0 Å². The molecule has 2 rings (SSSR count). The summed E-state index contributed by atoms with van der Waals surface area (Å²) < 4.78 is 10.2. The van der Waals surface area contributed by atoms with Gasteiger partial charge in [0.05, 0.1) is 6.61 Å². The summed E-state index contributed by atoms with van der Waals surface area (Å²) >= 11 is 0. The van der Waals surface area contributed by atoms with Gasteiger partial charge in [0.25, 0.3) is 0 Å². The molecule has 13 heavy (non-hydrogen) atoms. The van der Waals surface area contributed by atoms with E-state index in [1.54, 1.807) is 7.11 Å². The van der Waals surface area contributed by atoms with Crippen LogP contribution in [0.4, 0.5) is 0 Å². The number of benzene rings is 1. The van der Waals surface area contributed by atoms with Crippen LogP contribution < -0.4 is 0 Å². The molecule has 0 spiro atoms. The molecule has 0 aliphatic rings. The molecule has 3 nitrogen and oxygen atoms in total. The Bertz CT molecular complexity index is 394. The summed E-state index contributed by atoms with van der Waals surface area (Å²) in [7, 11) is 1.70. The molecule has 1 heterocycles. The molecule has 1 aromatic heterocycles. The third kappa shape index (κ3) is 1.55. The molecule has 0 saturated heterocycles. The molecule has 3 heteroatoms. The predicted octanol–water partition coefficient (Wildman–Crippen LogP) is 2.02. The number of para-hydroxylation sites is 1. The Morgan fingerprint density at radius 2 is 2.38 bits per heavy atom. The molecular formula is C10H11NO2.